The number of hydrogen-bond donors (Lipinski definition) is 1. The molecule has 1 aliphatic heterocycles. The summed E-state index contributed by atoms with van der Waals surface area (Å²) < 4.78 is 10.6. The summed E-state index contributed by atoms with van der Waals surface area (Å²) in [5.74, 6) is 0.684. The Kier molecular flexibility index (Phi) is 12.1. The van der Waals surface area contributed by atoms with Crippen LogP contribution in [0.25, 0.3) is 0 Å². The van der Waals surface area contributed by atoms with Crippen LogP contribution in [0.2, 0.25) is 0 Å². The van der Waals surface area contributed by atoms with Crippen LogP contribution in [0.3, 0.4) is 0 Å². The van der Waals surface area contributed by atoms with Crippen molar-refractivity contribution in [3.8, 4) is 5.75 Å². The van der Waals surface area contributed by atoms with Crippen molar-refractivity contribution < 1.29 is 19.1 Å². The third kappa shape index (κ3) is 8.29. The number of esters is 1. The molecule has 210 valence electrons. The number of hydrogen-bond acceptors (Lipinski definition) is 7. The van der Waals surface area contributed by atoms with E-state index in [0.29, 0.717) is 43.6 Å². The molecular formula is C30H45N3O4S. The van der Waals surface area contributed by atoms with Gasteiger partial charge in [-0.15, -0.1) is 11.3 Å². The lowest BCUT2D eigenvalue weighted by Crippen LogP contribution is -2.57. The molecule has 0 unspecified atom stereocenters. The Morgan fingerprint density at radius 3 is 2.53 bits per heavy atom. The van der Waals surface area contributed by atoms with E-state index in [1.54, 1.807) is 25.4 Å². The van der Waals surface area contributed by atoms with E-state index in [-0.39, 0.29) is 17.9 Å². The van der Waals surface area contributed by atoms with Gasteiger partial charge in [0.15, 0.2) is 0 Å². The average Bonchev–Trinajstić information content (AvgIpc) is 3.37. The van der Waals surface area contributed by atoms with Gasteiger partial charge in [-0.2, -0.15) is 0 Å². The second kappa shape index (κ2) is 15.2. The van der Waals surface area contributed by atoms with Crippen molar-refractivity contribution in [2.45, 2.75) is 77.9 Å². The van der Waals surface area contributed by atoms with Gasteiger partial charge in [0.25, 0.3) is 5.91 Å². The molecule has 8 heteroatoms. The molecule has 2 aromatic rings. The standard InChI is InChI=1S/C30H45N3O4S/c1-6-17-32-20-23(4)33(21-22(32)3)26(19-28-27(36-5)15-18-38-28)24-11-13-25(14-12-24)30(35)31-16-9-8-10-29(34)37-7-2/h11-15,18,22-23,26H,6-10,16-17,19-21H2,1-5H3,(H,31,35)/t22-,23+,26-/m1/s1. The van der Waals surface area contributed by atoms with E-state index in [2.05, 4.69) is 53.4 Å². The molecule has 0 aliphatic carbocycles. The van der Waals surface area contributed by atoms with Crippen LogP contribution < -0.4 is 10.1 Å². The quantitative estimate of drug-likeness (QED) is 0.257. The van der Waals surface area contributed by atoms with Crippen molar-refractivity contribution in [3.05, 3.63) is 51.7 Å². The van der Waals surface area contributed by atoms with Crippen molar-refractivity contribution in [3.63, 3.8) is 0 Å². The third-order valence-corrected chi connectivity index (χ3v) is 8.26. The van der Waals surface area contributed by atoms with Gasteiger partial charge in [-0.05, 0) is 75.7 Å². The molecule has 1 aromatic carbocycles. The van der Waals surface area contributed by atoms with Gasteiger partial charge in [0.2, 0.25) is 0 Å². The molecule has 0 bridgehead atoms. The number of thiophene rings is 1. The molecule has 0 spiro atoms. The van der Waals surface area contributed by atoms with E-state index in [0.717, 1.165) is 38.2 Å². The minimum absolute atomic E-state index is 0.0840. The van der Waals surface area contributed by atoms with Crippen LogP contribution in [0.15, 0.2) is 35.7 Å². The maximum absolute atomic E-state index is 12.7. The Hall–Kier alpha value is -2.42. The number of methoxy groups -OCH3 is 1. The van der Waals surface area contributed by atoms with Gasteiger partial charge < -0.3 is 14.8 Å². The van der Waals surface area contributed by atoms with Crippen LogP contribution in [0.1, 0.15) is 80.2 Å². The molecule has 0 saturated carbocycles. The number of benzene rings is 1. The number of unbranched alkanes of at least 4 members (excludes halogenated alkanes) is 1. The molecule has 3 rings (SSSR count). The van der Waals surface area contributed by atoms with Crippen molar-refractivity contribution in [2.24, 2.45) is 0 Å². The van der Waals surface area contributed by atoms with Gasteiger partial charge in [0.05, 0.1) is 13.7 Å². The number of amides is 1. The van der Waals surface area contributed by atoms with Gasteiger partial charge in [0.1, 0.15) is 5.75 Å². The fourth-order valence-corrected chi connectivity index (χ4v) is 6.19. The number of ether oxygens (including phenoxy) is 2. The zero-order chi connectivity index (χ0) is 27.5. The first-order chi connectivity index (χ1) is 18.4. The van der Waals surface area contributed by atoms with Gasteiger partial charge in [0, 0.05) is 61.0 Å². The first kappa shape index (κ1) is 30.1. The fourth-order valence-electron chi connectivity index (χ4n) is 5.31. The third-order valence-electron chi connectivity index (χ3n) is 7.33. The van der Waals surface area contributed by atoms with E-state index in [9.17, 15) is 9.59 Å². The van der Waals surface area contributed by atoms with Crippen LogP contribution in [0.5, 0.6) is 5.75 Å². The summed E-state index contributed by atoms with van der Waals surface area (Å²) in [5.41, 5.74) is 1.87. The van der Waals surface area contributed by atoms with Crippen LogP contribution in [0.4, 0.5) is 0 Å². The molecule has 1 aromatic heterocycles. The van der Waals surface area contributed by atoms with E-state index in [4.69, 9.17) is 9.47 Å². The van der Waals surface area contributed by atoms with Crippen LogP contribution in [-0.2, 0) is 16.0 Å². The molecule has 38 heavy (non-hydrogen) atoms. The normalized spacial score (nSPS) is 19.2. The summed E-state index contributed by atoms with van der Waals surface area (Å²) in [6.07, 6.45) is 3.87. The largest absolute Gasteiger partial charge is 0.496 e. The molecule has 1 aliphatic rings. The molecular weight excluding hydrogens is 498 g/mol. The number of nitrogens with one attached hydrogen (secondary N) is 1. The van der Waals surface area contributed by atoms with Crippen molar-refractivity contribution in [2.75, 3.05) is 39.9 Å². The lowest BCUT2D eigenvalue weighted by molar-refractivity contribution is -0.143. The van der Waals surface area contributed by atoms with Crippen molar-refractivity contribution in [1.29, 1.82) is 0 Å². The smallest absolute Gasteiger partial charge is 0.305 e. The maximum Gasteiger partial charge on any atom is 0.305 e. The highest BCUT2D eigenvalue weighted by molar-refractivity contribution is 7.10. The highest BCUT2D eigenvalue weighted by atomic mass is 32.1. The highest BCUT2D eigenvalue weighted by Gasteiger charge is 2.34. The predicted octanol–water partition coefficient (Wildman–Crippen LogP) is 5.31. The number of carbonyl (C=O) groups excluding carboxylic acids is 2. The minimum atomic E-state index is -0.181. The summed E-state index contributed by atoms with van der Waals surface area (Å²) in [4.78, 5) is 30.7. The van der Waals surface area contributed by atoms with Gasteiger partial charge in [-0.3, -0.25) is 19.4 Å². The Labute approximate surface area is 232 Å². The molecule has 1 saturated heterocycles. The summed E-state index contributed by atoms with van der Waals surface area (Å²) in [6, 6.07) is 11.2. The topological polar surface area (TPSA) is 71.1 Å². The van der Waals surface area contributed by atoms with Gasteiger partial charge in [-0.25, -0.2) is 0 Å². The van der Waals surface area contributed by atoms with Crippen LogP contribution in [-0.4, -0.2) is 73.7 Å². The number of carbonyl (C=O) groups is 2. The fraction of sp³-hybridized carbons (Fsp3) is 0.600. The Bertz CT molecular complexity index is 1010. The van der Waals surface area contributed by atoms with E-state index in [1.165, 1.54) is 16.9 Å². The zero-order valence-corrected chi connectivity index (χ0v) is 24.5. The van der Waals surface area contributed by atoms with E-state index in [1.807, 2.05) is 18.2 Å². The van der Waals surface area contributed by atoms with E-state index < -0.39 is 0 Å². The predicted molar refractivity (Wildman–Crippen MR) is 154 cm³/mol. The molecule has 1 N–H and O–H groups in total. The molecule has 2 heterocycles. The zero-order valence-electron chi connectivity index (χ0n) is 23.7. The van der Waals surface area contributed by atoms with Crippen LogP contribution >= 0.6 is 11.3 Å². The molecule has 3 atom stereocenters. The number of nitrogens with zero attached hydrogens (tertiary/aromatic N) is 2. The lowest BCUT2D eigenvalue weighted by atomic mass is 9.95. The molecule has 1 fully saturated rings. The first-order valence-corrected chi connectivity index (χ1v) is 14.9. The summed E-state index contributed by atoms with van der Waals surface area (Å²) in [5, 5.41) is 5.07. The Morgan fingerprint density at radius 1 is 1.08 bits per heavy atom. The van der Waals surface area contributed by atoms with Gasteiger partial charge in [-0.1, -0.05) is 19.1 Å². The highest BCUT2D eigenvalue weighted by Crippen LogP contribution is 2.35. The SMILES string of the molecule is CCCN1C[C@H](C)N([C@H](Cc2sccc2OC)c2ccc(C(=O)NCCCCC(=O)OCC)cc2)C[C@H]1C. The lowest BCUT2D eigenvalue weighted by Gasteiger charge is -2.47. The number of rotatable bonds is 14. The van der Waals surface area contributed by atoms with Crippen molar-refractivity contribution in [1.82, 2.24) is 15.1 Å². The summed E-state index contributed by atoms with van der Waals surface area (Å²) in [7, 11) is 1.74. The van der Waals surface area contributed by atoms with Crippen LogP contribution in [0, 0.1) is 0 Å². The minimum Gasteiger partial charge on any atom is -0.496 e. The molecule has 1 amide bonds. The second-order valence-electron chi connectivity index (χ2n) is 10.2. The summed E-state index contributed by atoms with van der Waals surface area (Å²) >= 11 is 1.74. The molecule has 7 nitrogen and oxygen atoms in total. The Balaban J connectivity index is 1.69. The monoisotopic (exact) mass is 543 g/mol. The summed E-state index contributed by atoms with van der Waals surface area (Å²) in [6.45, 7) is 12.9. The maximum atomic E-state index is 12.7. The Morgan fingerprint density at radius 2 is 1.84 bits per heavy atom. The average molecular weight is 544 g/mol. The first-order valence-electron chi connectivity index (χ1n) is 14.0. The molecule has 0 radical (unpaired) electrons. The second-order valence-corrected chi connectivity index (χ2v) is 11.2. The van der Waals surface area contributed by atoms with Crippen molar-refractivity contribution >= 4 is 23.2 Å². The van der Waals surface area contributed by atoms with Gasteiger partial charge >= 0.3 is 5.97 Å². The van der Waals surface area contributed by atoms with E-state index >= 15 is 0 Å². The number of piperazine rings is 1.